The number of hydrogen-bond donors (Lipinski definition) is 0. The minimum Gasteiger partial charge on any atom is -0.0619 e. The molecule has 0 radical (unpaired) electrons. The Hall–Kier alpha value is -7.80. The predicted octanol–water partition coefficient (Wildman–Crippen LogP) is 17.6. The van der Waals surface area contributed by atoms with E-state index in [2.05, 4.69) is 232 Å². The van der Waals surface area contributed by atoms with Crippen molar-refractivity contribution in [1.82, 2.24) is 0 Å². The van der Waals surface area contributed by atoms with Crippen molar-refractivity contribution in [2.45, 2.75) is 19.3 Å². The van der Waals surface area contributed by atoms with Crippen LogP contribution in [0.25, 0.3) is 120 Å². The molecule has 0 saturated heterocycles. The van der Waals surface area contributed by atoms with Crippen LogP contribution >= 0.6 is 0 Å². The summed E-state index contributed by atoms with van der Waals surface area (Å²) in [7, 11) is 0. The van der Waals surface area contributed by atoms with E-state index in [0.717, 1.165) is 0 Å². The van der Waals surface area contributed by atoms with Gasteiger partial charge in [-0.1, -0.05) is 220 Å². The molecule has 1 aliphatic carbocycles. The maximum Gasteiger partial charge on any atom is 0.0159 e. The predicted molar refractivity (Wildman–Crippen MR) is 271 cm³/mol. The average Bonchev–Trinajstić information content (AvgIpc) is 3.57. The number of fused-ring (bicyclic) bond motifs is 9. The SMILES string of the molecule is CC1(C)c2ccccc2-c2ccc(-c3c4ccccc4c(-c4ccc5c(-c6cccc7ccccc67)c6ccccc6c(-c6cccc7ccccc67)c5c4)c4ccccc34)cc21. The van der Waals surface area contributed by atoms with Gasteiger partial charge in [0, 0.05) is 5.41 Å². The van der Waals surface area contributed by atoms with Gasteiger partial charge >= 0.3 is 0 Å². The first-order chi connectivity index (χ1) is 31.0. The van der Waals surface area contributed by atoms with E-state index in [1.807, 2.05) is 0 Å². The van der Waals surface area contributed by atoms with Crippen LogP contribution < -0.4 is 0 Å². The van der Waals surface area contributed by atoms with Crippen LogP contribution in [0.5, 0.6) is 0 Å². The minimum absolute atomic E-state index is 0.0879. The third-order valence-corrected chi connectivity index (χ3v) is 14.2. The highest BCUT2D eigenvalue weighted by Gasteiger charge is 2.35. The molecule has 0 spiro atoms. The summed E-state index contributed by atoms with van der Waals surface area (Å²) in [5.41, 5.74) is 15.5. The lowest BCUT2D eigenvalue weighted by Gasteiger charge is -2.23. The van der Waals surface area contributed by atoms with E-state index in [1.54, 1.807) is 0 Å². The zero-order valence-corrected chi connectivity index (χ0v) is 35.3. The molecule has 12 aromatic carbocycles. The molecule has 0 amide bonds. The lowest BCUT2D eigenvalue weighted by Crippen LogP contribution is -2.14. The van der Waals surface area contributed by atoms with Crippen molar-refractivity contribution in [3.63, 3.8) is 0 Å². The van der Waals surface area contributed by atoms with Gasteiger partial charge in [-0.05, 0) is 144 Å². The van der Waals surface area contributed by atoms with Gasteiger partial charge in [0.05, 0.1) is 0 Å². The molecule has 12 aromatic rings. The van der Waals surface area contributed by atoms with E-state index >= 15 is 0 Å². The molecular formula is C63H42. The lowest BCUT2D eigenvalue weighted by atomic mass is 9.80. The molecule has 63 heavy (non-hydrogen) atoms. The van der Waals surface area contributed by atoms with Crippen molar-refractivity contribution in [1.29, 1.82) is 0 Å². The summed E-state index contributed by atoms with van der Waals surface area (Å²) in [4.78, 5) is 0. The Bertz CT molecular complexity index is 3810. The largest absolute Gasteiger partial charge is 0.0619 e. The summed E-state index contributed by atoms with van der Waals surface area (Å²) >= 11 is 0. The molecule has 0 heterocycles. The van der Waals surface area contributed by atoms with Gasteiger partial charge in [0.2, 0.25) is 0 Å². The Kier molecular flexibility index (Phi) is 7.75. The Morgan fingerprint density at radius 2 is 0.603 bits per heavy atom. The first-order valence-electron chi connectivity index (χ1n) is 22.2. The summed E-state index contributed by atoms with van der Waals surface area (Å²) in [6.07, 6.45) is 0. The summed E-state index contributed by atoms with van der Waals surface area (Å²) < 4.78 is 0. The van der Waals surface area contributed by atoms with Gasteiger partial charge in [-0.15, -0.1) is 0 Å². The number of rotatable bonds is 4. The van der Waals surface area contributed by atoms with Crippen LogP contribution in [0.3, 0.4) is 0 Å². The molecule has 0 saturated carbocycles. The smallest absolute Gasteiger partial charge is 0.0159 e. The van der Waals surface area contributed by atoms with Crippen molar-refractivity contribution >= 4 is 64.6 Å². The van der Waals surface area contributed by atoms with Gasteiger partial charge in [-0.25, -0.2) is 0 Å². The second-order valence-electron chi connectivity index (χ2n) is 17.9. The van der Waals surface area contributed by atoms with E-state index in [4.69, 9.17) is 0 Å². The zero-order chi connectivity index (χ0) is 41.8. The molecule has 0 aliphatic heterocycles. The van der Waals surface area contributed by atoms with Crippen LogP contribution in [-0.2, 0) is 5.41 Å². The molecule has 0 heteroatoms. The fraction of sp³-hybridized carbons (Fsp3) is 0.0476. The van der Waals surface area contributed by atoms with E-state index < -0.39 is 0 Å². The molecular weight excluding hydrogens is 757 g/mol. The quantitative estimate of drug-likeness (QED) is 0.156. The molecule has 1 aliphatic rings. The first kappa shape index (κ1) is 35.9. The highest BCUT2D eigenvalue weighted by molar-refractivity contribution is 6.27. The fourth-order valence-electron chi connectivity index (χ4n) is 11.4. The van der Waals surface area contributed by atoms with Crippen LogP contribution in [0.2, 0.25) is 0 Å². The Labute approximate surface area is 367 Å². The van der Waals surface area contributed by atoms with Crippen molar-refractivity contribution in [3.05, 3.63) is 230 Å². The van der Waals surface area contributed by atoms with Gasteiger partial charge in [-0.3, -0.25) is 0 Å². The van der Waals surface area contributed by atoms with Crippen LogP contribution in [0.15, 0.2) is 218 Å². The molecule has 0 aromatic heterocycles. The highest BCUT2D eigenvalue weighted by atomic mass is 14.4. The molecule has 0 bridgehead atoms. The number of benzene rings is 12. The topological polar surface area (TPSA) is 0 Å². The van der Waals surface area contributed by atoms with Crippen LogP contribution in [-0.4, -0.2) is 0 Å². The van der Waals surface area contributed by atoms with Gasteiger partial charge in [-0.2, -0.15) is 0 Å². The monoisotopic (exact) mass is 798 g/mol. The molecule has 0 N–H and O–H groups in total. The highest BCUT2D eigenvalue weighted by Crippen LogP contribution is 2.53. The summed E-state index contributed by atoms with van der Waals surface area (Å²) in [5, 5.41) is 15.1. The molecule has 0 unspecified atom stereocenters. The molecule has 13 rings (SSSR count). The lowest BCUT2D eigenvalue weighted by molar-refractivity contribution is 0.660. The Morgan fingerprint density at radius 3 is 1.16 bits per heavy atom. The summed E-state index contributed by atoms with van der Waals surface area (Å²) in [5.74, 6) is 0. The zero-order valence-electron chi connectivity index (χ0n) is 35.3. The fourth-order valence-corrected chi connectivity index (χ4v) is 11.4. The maximum absolute atomic E-state index is 2.51. The van der Waals surface area contributed by atoms with Crippen molar-refractivity contribution in [2.75, 3.05) is 0 Å². The average molecular weight is 799 g/mol. The van der Waals surface area contributed by atoms with Crippen molar-refractivity contribution in [2.24, 2.45) is 0 Å². The Balaban J connectivity index is 1.13. The first-order valence-corrected chi connectivity index (χ1v) is 22.2. The van der Waals surface area contributed by atoms with E-state index in [-0.39, 0.29) is 5.41 Å². The van der Waals surface area contributed by atoms with E-state index in [0.29, 0.717) is 0 Å². The molecule has 0 nitrogen and oxygen atoms in total. The van der Waals surface area contributed by atoms with Gasteiger partial charge in [0.1, 0.15) is 0 Å². The van der Waals surface area contributed by atoms with Crippen LogP contribution in [0, 0.1) is 0 Å². The second-order valence-corrected chi connectivity index (χ2v) is 17.9. The number of hydrogen-bond acceptors (Lipinski definition) is 0. The molecule has 294 valence electrons. The summed E-state index contributed by atoms with van der Waals surface area (Å²) in [6.45, 7) is 4.75. The van der Waals surface area contributed by atoms with Crippen molar-refractivity contribution < 1.29 is 0 Å². The van der Waals surface area contributed by atoms with Gasteiger partial charge < -0.3 is 0 Å². The third-order valence-electron chi connectivity index (χ3n) is 14.2. The molecule has 0 atom stereocenters. The summed E-state index contributed by atoms with van der Waals surface area (Å²) in [6, 6.07) is 81.9. The van der Waals surface area contributed by atoms with Crippen LogP contribution in [0.4, 0.5) is 0 Å². The van der Waals surface area contributed by atoms with Crippen molar-refractivity contribution in [3.8, 4) is 55.6 Å². The standard InChI is InChI=1S/C63H42/c1-63(2)57-32-14-13-23-45(57)46-35-33-42(38-58(46)63)60-51-26-9-7-24-49(51)59(50-25-8-10-27-52(50)60)41-34-36-55-56(37-41)62(48-31-16-20-40-18-4-6-22-44(40)48)54-29-12-11-28-53(54)61(55)47-30-15-19-39-17-3-5-21-43(39)47/h3-38H,1-2H3. The normalized spacial score (nSPS) is 13.0. The third kappa shape index (κ3) is 5.22. The molecule has 0 fully saturated rings. The van der Waals surface area contributed by atoms with E-state index in [9.17, 15) is 0 Å². The second kappa shape index (κ2) is 13.6. The van der Waals surface area contributed by atoms with Gasteiger partial charge in [0.25, 0.3) is 0 Å². The minimum atomic E-state index is -0.0879. The van der Waals surface area contributed by atoms with Crippen LogP contribution in [0.1, 0.15) is 25.0 Å². The van der Waals surface area contributed by atoms with E-state index in [1.165, 1.54) is 131 Å². The van der Waals surface area contributed by atoms with Gasteiger partial charge in [0.15, 0.2) is 0 Å². The Morgan fingerprint density at radius 1 is 0.238 bits per heavy atom. The maximum atomic E-state index is 2.51.